The minimum atomic E-state index is 1.07. The highest BCUT2D eigenvalue weighted by molar-refractivity contribution is 6.22. The van der Waals surface area contributed by atoms with Crippen molar-refractivity contribution >= 4 is 43.4 Å². The van der Waals surface area contributed by atoms with Crippen molar-refractivity contribution in [2.24, 2.45) is 7.05 Å². The van der Waals surface area contributed by atoms with Gasteiger partial charge in [0.2, 0.25) is 0 Å². The highest BCUT2D eigenvalue weighted by atomic mass is 14.9. The van der Waals surface area contributed by atoms with Crippen molar-refractivity contribution in [1.82, 2.24) is 4.57 Å². The molecule has 1 heterocycles. The summed E-state index contributed by atoms with van der Waals surface area (Å²) in [5.74, 6) is 0. The van der Waals surface area contributed by atoms with Gasteiger partial charge in [-0.15, -0.1) is 0 Å². The predicted molar refractivity (Wildman–Crippen MR) is 105 cm³/mol. The molecule has 0 aliphatic rings. The van der Waals surface area contributed by atoms with Gasteiger partial charge >= 0.3 is 0 Å². The van der Waals surface area contributed by atoms with E-state index in [1.54, 1.807) is 0 Å². The molecule has 116 valence electrons. The molecule has 0 unspecified atom stereocenters. The van der Waals surface area contributed by atoms with Crippen molar-refractivity contribution in [3.8, 4) is 0 Å². The second-order valence-electron chi connectivity index (χ2n) is 6.64. The van der Waals surface area contributed by atoms with Crippen LogP contribution in [-0.2, 0) is 13.5 Å². The lowest BCUT2D eigenvalue weighted by atomic mass is 9.99. The van der Waals surface area contributed by atoms with Gasteiger partial charge in [-0.1, -0.05) is 49.4 Å². The summed E-state index contributed by atoms with van der Waals surface area (Å²) in [4.78, 5) is 0. The topological polar surface area (TPSA) is 4.93 Å². The van der Waals surface area contributed by atoms with Gasteiger partial charge in [-0.25, -0.2) is 0 Å². The SMILES string of the molecule is CCc1ccc2c3c4cc5ccccc5cc4ccc3n(C)c2c1. The Morgan fingerprint density at radius 3 is 2.29 bits per heavy atom. The van der Waals surface area contributed by atoms with Crippen molar-refractivity contribution in [3.05, 3.63) is 72.3 Å². The van der Waals surface area contributed by atoms with E-state index in [0.29, 0.717) is 0 Å². The van der Waals surface area contributed by atoms with E-state index >= 15 is 0 Å². The Balaban J connectivity index is 2.02. The van der Waals surface area contributed by atoms with Crippen molar-refractivity contribution in [2.75, 3.05) is 0 Å². The summed E-state index contributed by atoms with van der Waals surface area (Å²) in [6, 6.07) is 24.7. The zero-order valence-electron chi connectivity index (χ0n) is 14.0. The molecule has 0 spiro atoms. The van der Waals surface area contributed by atoms with Crippen LogP contribution in [0.25, 0.3) is 43.4 Å². The first-order chi connectivity index (χ1) is 11.8. The molecule has 1 heteroatoms. The first-order valence-electron chi connectivity index (χ1n) is 8.59. The van der Waals surface area contributed by atoms with Crippen LogP contribution in [0.15, 0.2) is 66.7 Å². The molecule has 0 bridgehead atoms. The fourth-order valence-corrected chi connectivity index (χ4v) is 3.98. The van der Waals surface area contributed by atoms with Crippen molar-refractivity contribution < 1.29 is 0 Å². The van der Waals surface area contributed by atoms with E-state index in [2.05, 4.69) is 85.3 Å². The number of aryl methyl sites for hydroxylation is 2. The minimum absolute atomic E-state index is 1.07. The minimum Gasteiger partial charge on any atom is -0.344 e. The monoisotopic (exact) mass is 309 g/mol. The summed E-state index contributed by atoms with van der Waals surface area (Å²) >= 11 is 0. The average molecular weight is 309 g/mol. The number of rotatable bonds is 1. The molecule has 0 N–H and O–H groups in total. The van der Waals surface area contributed by atoms with E-state index in [-0.39, 0.29) is 0 Å². The van der Waals surface area contributed by atoms with Gasteiger partial charge in [0.15, 0.2) is 0 Å². The van der Waals surface area contributed by atoms with Crippen LogP contribution in [0, 0.1) is 0 Å². The average Bonchev–Trinajstić information content (AvgIpc) is 2.92. The summed E-state index contributed by atoms with van der Waals surface area (Å²) in [5, 5.41) is 8.00. The Labute approximate surface area is 141 Å². The molecule has 5 aromatic rings. The summed E-state index contributed by atoms with van der Waals surface area (Å²) < 4.78 is 2.33. The van der Waals surface area contributed by atoms with E-state index < -0.39 is 0 Å². The van der Waals surface area contributed by atoms with E-state index in [0.717, 1.165) is 6.42 Å². The van der Waals surface area contributed by atoms with E-state index in [4.69, 9.17) is 0 Å². The highest BCUT2D eigenvalue weighted by Crippen LogP contribution is 2.36. The van der Waals surface area contributed by atoms with Gasteiger partial charge in [-0.2, -0.15) is 0 Å². The fraction of sp³-hybridized carbons (Fsp3) is 0.130. The quantitative estimate of drug-likeness (QED) is 0.325. The third kappa shape index (κ3) is 1.75. The van der Waals surface area contributed by atoms with Crippen LogP contribution in [0.1, 0.15) is 12.5 Å². The molecule has 1 aromatic heterocycles. The van der Waals surface area contributed by atoms with Crippen LogP contribution in [0.3, 0.4) is 0 Å². The van der Waals surface area contributed by atoms with Crippen molar-refractivity contribution in [1.29, 1.82) is 0 Å². The van der Waals surface area contributed by atoms with Gasteiger partial charge in [-0.3, -0.25) is 0 Å². The molecule has 0 saturated heterocycles. The maximum absolute atomic E-state index is 2.35. The molecule has 1 nitrogen and oxygen atoms in total. The molecular formula is C23H19N. The molecular weight excluding hydrogens is 290 g/mol. The van der Waals surface area contributed by atoms with Crippen LogP contribution in [0.4, 0.5) is 0 Å². The predicted octanol–water partition coefficient (Wildman–Crippen LogP) is 6.20. The Hall–Kier alpha value is -2.80. The standard InChI is InChI=1S/C23H19N/c1-3-15-8-10-19-22(12-15)24(2)21-11-9-18-13-16-6-4-5-7-17(16)14-20(18)23(19)21/h4-14H,3H2,1-2H3. The summed E-state index contributed by atoms with van der Waals surface area (Å²) in [6.45, 7) is 2.21. The Morgan fingerprint density at radius 2 is 1.50 bits per heavy atom. The number of benzene rings is 4. The lowest BCUT2D eigenvalue weighted by Crippen LogP contribution is -1.87. The zero-order valence-corrected chi connectivity index (χ0v) is 14.0. The highest BCUT2D eigenvalue weighted by Gasteiger charge is 2.12. The summed E-state index contributed by atoms with van der Waals surface area (Å²) in [6.07, 6.45) is 1.07. The van der Waals surface area contributed by atoms with Crippen molar-refractivity contribution in [2.45, 2.75) is 13.3 Å². The Kier molecular flexibility index (Phi) is 2.75. The van der Waals surface area contributed by atoms with Gasteiger partial charge in [0, 0.05) is 28.9 Å². The summed E-state index contributed by atoms with van der Waals surface area (Å²) in [7, 11) is 2.18. The molecule has 0 fully saturated rings. The van der Waals surface area contributed by atoms with Gasteiger partial charge in [0.25, 0.3) is 0 Å². The maximum Gasteiger partial charge on any atom is 0.0495 e. The Morgan fingerprint density at radius 1 is 0.708 bits per heavy atom. The number of hydrogen-bond acceptors (Lipinski definition) is 0. The fourth-order valence-electron chi connectivity index (χ4n) is 3.98. The molecule has 0 aliphatic carbocycles. The van der Waals surface area contributed by atoms with Gasteiger partial charge in [-0.05, 0) is 57.8 Å². The van der Waals surface area contributed by atoms with E-state index in [9.17, 15) is 0 Å². The number of nitrogens with zero attached hydrogens (tertiary/aromatic N) is 1. The second-order valence-corrected chi connectivity index (χ2v) is 6.64. The molecule has 0 aliphatic heterocycles. The number of hydrogen-bond donors (Lipinski definition) is 0. The maximum atomic E-state index is 2.35. The first kappa shape index (κ1) is 13.6. The molecule has 0 atom stereocenters. The molecule has 5 rings (SSSR count). The molecule has 0 radical (unpaired) electrons. The second kappa shape index (κ2) is 4.85. The largest absolute Gasteiger partial charge is 0.344 e. The normalized spacial score (nSPS) is 11.9. The number of aromatic nitrogens is 1. The molecule has 4 aromatic carbocycles. The first-order valence-corrected chi connectivity index (χ1v) is 8.59. The Bertz CT molecular complexity index is 1240. The van der Waals surface area contributed by atoms with E-state index in [1.165, 1.54) is 48.9 Å². The molecule has 24 heavy (non-hydrogen) atoms. The van der Waals surface area contributed by atoms with Crippen LogP contribution in [-0.4, -0.2) is 4.57 Å². The molecule has 0 amide bonds. The number of fused-ring (bicyclic) bond motifs is 6. The molecule has 0 saturated carbocycles. The van der Waals surface area contributed by atoms with Crippen molar-refractivity contribution in [3.63, 3.8) is 0 Å². The van der Waals surface area contributed by atoms with Gasteiger partial charge in [0.1, 0.15) is 0 Å². The van der Waals surface area contributed by atoms with Crippen LogP contribution in [0.2, 0.25) is 0 Å². The lowest BCUT2D eigenvalue weighted by molar-refractivity contribution is 1.01. The van der Waals surface area contributed by atoms with E-state index in [1.807, 2.05) is 0 Å². The van der Waals surface area contributed by atoms with Crippen LogP contribution in [0.5, 0.6) is 0 Å². The third-order valence-corrected chi connectivity index (χ3v) is 5.33. The zero-order chi connectivity index (χ0) is 16.3. The lowest BCUT2D eigenvalue weighted by Gasteiger charge is -2.05. The summed E-state index contributed by atoms with van der Waals surface area (Å²) in [5.41, 5.74) is 4.02. The van der Waals surface area contributed by atoms with Gasteiger partial charge < -0.3 is 4.57 Å². The smallest absolute Gasteiger partial charge is 0.0495 e. The van der Waals surface area contributed by atoms with Gasteiger partial charge in [0.05, 0.1) is 0 Å². The third-order valence-electron chi connectivity index (χ3n) is 5.33. The van der Waals surface area contributed by atoms with Crippen LogP contribution >= 0.6 is 0 Å². The van der Waals surface area contributed by atoms with Crippen LogP contribution < -0.4 is 0 Å².